The zero-order valence-corrected chi connectivity index (χ0v) is 22.0. The SMILES string of the molecule is CN=C(NCCCN1CCN(c2ncccn2)CC1)NCC1(C(=O)N(C)C)CCCC1.I. The molecule has 0 bridgehead atoms. The van der Waals surface area contributed by atoms with E-state index in [1.807, 2.05) is 20.2 Å². The van der Waals surface area contributed by atoms with Crippen molar-refractivity contribution in [2.75, 3.05) is 71.9 Å². The van der Waals surface area contributed by atoms with Crippen molar-refractivity contribution in [3.8, 4) is 0 Å². The smallest absolute Gasteiger partial charge is 0.230 e. The fourth-order valence-electron chi connectivity index (χ4n) is 4.60. The lowest BCUT2D eigenvalue weighted by molar-refractivity contribution is -0.138. The van der Waals surface area contributed by atoms with Gasteiger partial charge in [0, 0.05) is 72.8 Å². The summed E-state index contributed by atoms with van der Waals surface area (Å²) in [5.41, 5.74) is -0.288. The lowest BCUT2D eigenvalue weighted by Crippen LogP contribution is -2.49. The normalized spacial score (nSPS) is 18.7. The largest absolute Gasteiger partial charge is 0.356 e. The van der Waals surface area contributed by atoms with Gasteiger partial charge in [-0.05, 0) is 31.9 Å². The summed E-state index contributed by atoms with van der Waals surface area (Å²) in [6.45, 7) is 6.53. The first-order valence-corrected chi connectivity index (χ1v) is 11.4. The van der Waals surface area contributed by atoms with Gasteiger partial charge >= 0.3 is 0 Å². The van der Waals surface area contributed by atoms with Crippen molar-refractivity contribution < 1.29 is 4.79 Å². The number of nitrogens with zero attached hydrogens (tertiary/aromatic N) is 6. The lowest BCUT2D eigenvalue weighted by Gasteiger charge is -2.34. The molecular formula is C22H39IN8O. The van der Waals surface area contributed by atoms with Gasteiger partial charge in [0.15, 0.2) is 5.96 Å². The van der Waals surface area contributed by atoms with Crippen LogP contribution in [0, 0.1) is 5.41 Å². The third-order valence-corrected chi connectivity index (χ3v) is 6.39. The second-order valence-electron chi connectivity index (χ2n) is 8.77. The minimum absolute atomic E-state index is 0. The van der Waals surface area contributed by atoms with E-state index in [1.165, 1.54) is 0 Å². The van der Waals surface area contributed by atoms with Gasteiger partial charge in [-0.1, -0.05) is 12.8 Å². The fourth-order valence-corrected chi connectivity index (χ4v) is 4.60. The Morgan fingerprint density at radius 3 is 2.38 bits per heavy atom. The molecule has 3 rings (SSSR count). The van der Waals surface area contributed by atoms with Crippen LogP contribution in [0.25, 0.3) is 0 Å². The quantitative estimate of drug-likeness (QED) is 0.216. The van der Waals surface area contributed by atoms with Crippen molar-refractivity contribution in [1.82, 2.24) is 30.4 Å². The Balaban J connectivity index is 0.00000363. The van der Waals surface area contributed by atoms with E-state index >= 15 is 0 Å². The van der Waals surface area contributed by atoms with Crippen molar-refractivity contribution >= 4 is 41.8 Å². The van der Waals surface area contributed by atoms with E-state index in [-0.39, 0.29) is 35.3 Å². The van der Waals surface area contributed by atoms with Crippen LogP contribution in [0.4, 0.5) is 5.95 Å². The van der Waals surface area contributed by atoms with Crippen LogP contribution in [0.5, 0.6) is 0 Å². The molecule has 1 aliphatic carbocycles. The van der Waals surface area contributed by atoms with Crippen molar-refractivity contribution in [3.05, 3.63) is 18.5 Å². The molecule has 0 aromatic carbocycles. The summed E-state index contributed by atoms with van der Waals surface area (Å²) in [5.74, 6) is 1.84. The van der Waals surface area contributed by atoms with E-state index < -0.39 is 0 Å². The third kappa shape index (κ3) is 7.16. The number of rotatable bonds is 8. The maximum absolute atomic E-state index is 12.7. The van der Waals surface area contributed by atoms with Gasteiger partial charge in [0.25, 0.3) is 0 Å². The Bertz CT molecular complexity index is 716. The van der Waals surface area contributed by atoms with Crippen LogP contribution < -0.4 is 15.5 Å². The van der Waals surface area contributed by atoms with Crippen LogP contribution in [0.2, 0.25) is 0 Å². The lowest BCUT2D eigenvalue weighted by atomic mass is 9.84. The number of amides is 1. The Hall–Kier alpha value is -1.69. The number of carbonyl (C=O) groups excluding carboxylic acids is 1. The third-order valence-electron chi connectivity index (χ3n) is 6.39. The molecule has 1 aromatic rings. The standard InChI is InChI=1S/C22H38N8O.HI/c1-23-20(27-18-22(8-4-5-9-22)19(31)28(2)3)24-12-7-13-29-14-16-30(17-15-29)21-25-10-6-11-26-21;/h6,10-11H,4-5,7-9,12-18H2,1-3H3,(H2,23,24,27);1H. The average molecular weight is 559 g/mol. The van der Waals surface area contributed by atoms with Crippen LogP contribution >= 0.6 is 24.0 Å². The molecule has 2 aliphatic rings. The molecule has 0 atom stereocenters. The molecule has 2 heterocycles. The Morgan fingerprint density at radius 1 is 1.12 bits per heavy atom. The predicted molar refractivity (Wildman–Crippen MR) is 140 cm³/mol. The minimum Gasteiger partial charge on any atom is -0.356 e. The second kappa shape index (κ2) is 13.1. The summed E-state index contributed by atoms with van der Waals surface area (Å²) in [7, 11) is 5.49. The minimum atomic E-state index is -0.288. The molecule has 0 spiro atoms. The molecule has 2 N–H and O–H groups in total. The molecule has 1 saturated heterocycles. The summed E-state index contributed by atoms with van der Waals surface area (Å²) >= 11 is 0. The molecular weight excluding hydrogens is 519 g/mol. The Kier molecular flexibility index (Phi) is 10.9. The van der Waals surface area contributed by atoms with E-state index in [4.69, 9.17) is 0 Å². The van der Waals surface area contributed by atoms with Gasteiger partial charge in [0.1, 0.15) is 0 Å². The van der Waals surface area contributed by atoms with E-state index in [1.54, 1.807) is 24.3 Å². The number of carbonyl (C=O) groups is 1. The van der Waals surface area contributed by atoms with Gasteiger partial charge in [0.2, 0.25) is 11.9 Å². The van der Waals surface area contributed by atoms with E-state index in [0.717, 1.165) is 83.3 Å². The van der Waals surface area contributed by atoms with Gasteiger partial charge in [-0.2, -0.15) is 0 Å². The predicted octanol–water partition coefficient (Wildman–Crippen LogP) is 1.42. The molecule has 32 heavy (non-hydrogen) atoms. The number of aliphatic imine (C=N–C) groups is 1. The average Bonchev–Trinajstić information content (AvgIpc) is 3.29. The fraction of sp³-hybridized carbons (Fsp3) is 0.727. The van der Waals surface area contributed by atoms with Crippen LogP contribution in [-0.4, -0.2) is 98.6 Å². The van der Waals surface area contributed by atoms with E-state index in [0.29, 0.717) is 6.54 Å². The molecule has 0 radical (unpaired) electrons. The summed E-state index contributed by atoms with van der Waals surface area (Å²) in [4.78, 5) is 32.2. The number of anilines is 1. The first kappa shape index (κ1) is 26.6. The summed E-state index contributed by atoms with van der Waals surface area (Å²) in [5, 5.41) is 6.82. The summed E-state index contributed by atoms with van der Waals surface area (Å²) in [6.07, 6.45) is 8.79. The van der Waals surface area contributed by atoms with Crippen molar-refractivity contribution in [2.45, 2.75) is 32.1 Å². The number of nitrogens with one attached hydrogen (secondary N) is 2. The highest BCUT2D eigenvalue weighted by molar-refractivity contribution is 14.0. The number of hydrogen-bond donors (Lipinski definition) is 2. The van der Waals surface area contributed by atoms with Crippen molar-refractivity contribution in [1.29, 1.82) is 0 Å². The highest BCUT2D eigenvalue weighted by atomic mass is 127. The number of hydrogen-bond acceptors (Lipinski definition) is 6. The van der Waals surface area contributed by atoms with Crippen LogP contribution in [0.15, 0.2) is 23.5 Å². The monoisotopic (exact) mass is 558 g/mol. The Morgan fingerprint density at radius 2 is 1.78 bits per heavy atom. The van der Waals surface area contributed by atoms with E-state index in [9.17, 15) is 4.79 Å². The number of aromatic nitrogens is 2. The van der Waals surface area contributed by atoms with E-state index in [2.05, 4.69) is 35.4 Å². The zero-order valence-electron chi connectivity index (χ0n) is 19.7. The van der Waals surface area contributed by atoms with Gasteiger partial charge in [-0.15, -0.1) is 24.0 Å². The van der Waals surface area contributed by atoms with Crippen LogP contribution in [0.1, 0.15) is 32.1 Å². The maximum atomic E-state index is 12.7. The number of guanidine groups is 1. The molecule has 1 aliphatic heterocycles. The molecule has 9 nitrogen and oxygen atoms in total. The molecule has 10 heteroatoms. The number of piperazine rings is 1. The summed E-state index contributed by atoms with van der Waals surface area (Å²) < 4.78 is 0. The first-order valence-electron chi connectivity index (χ1n) is 11.4. The molecule has 1 aromatic heterocycles. The molecule has 180 valence electrons. The first-order chi connectivity index (χ1) is 15.0. The molecule has 1 amide bonds. The Labute approximate surface area is 209 Å². The van der Waals surface area contributed by atoms with Crippen LogP contribution in [-0.2, 0) is 4.79 Å². The van der Waals surface area contributed by atoms with Gasteiger partial charge < -0.3 is 20.4 Å². The zero-order chi connectivity index (χ0) is 22.1. The highest BCUT2D eigenvalue weighted by Crippen LogP contribution is 2.38. The second-order valence-corrected chi connectivity index (χ2v) is 8.77. The topological polar surface area (TPSA) is 89.0 Å². The summed E-state index contributed by atoms with van der Waals surface area (Å²) in [6, 6.07) is 1.85. The molecule has 1 saturated carbocycles. The van der Waals surface area contributed by atoms with Crippen molar-refractivity contribution in [3.63, 3.8) is 0 Å². The van der Waals surface area contributed by atoms with Gasteiger partial charge in [-0.25, -0.2) is 9.97 Å². The molecule has 2 fully saturated rings. The highest BCUT2D eigenvalue weighted by Gasteiger charge is 2.42. The molecule has 0 unspecified atom stereocenters. The van der Waals surface area contributed by atoms with Crippen molar-refractivity contribution in [2.24, 2.45) is 10.4 Å². The van der Waals surface area contributed by atoms with Gasteiger partial charge in [-0.3, -0.25) is 14.7 Å². The number of halogens is 1. The maximum Gasteiger partial charge on any atom is 0.230 e. The van der Waals surface area contributed by atoms with Crippen LogP contribution in [0.3, 0.4) is 0 Å². The van der Waals surface area contributed by atoms with Gasteiger partial charge in [0.05, 0.1) is 5.41 Å².